The number of halogens is 2. The first-order valence-electron chi connectivity index (χ1n) is 16.4. The Morgan fingerprint density at radius 2 is 1.22 bits per heavy atom. The number of carbonyl (C=O) groups excluding carboxylic acids is 3. The van der Waals surface area contributed by atoms with Crippen LogP contribution in [0, 0.1) is 0 Å². The molecule has 50 heavy (non-hydrogen) atoms. The van der Waals surface area contributed by atoms with Crippen LogP contribution >= 0.6 is 34.5 Å². The Labute approximate surface area is 302 Å². The van der Waals surface area contributed by atoms with E-state index in [-0.39, 0.29) is 50.8 Å². The van der Waals surface area contributed by atoms with Crippen LogP contribution in [-0.2, 0) is 4.79 Å². The van der Waals surface area contributed by atoms with Crippen molar-refractivity contribution in [2.24, 2.45) is 0 Å². The van der Waals surface area contributed by atoms with Crippen molar-refractivity contribution in [2.45, 2.75) is 25.2 Å². The molecule has 9 nitrogen and oxygen atoms in total. The van der Waals surface area contributed by atoms with Gasteiger partial charge >= 0.3 is 5.97 Å². The quantitative estimate of drug-likeness (QED) is 0.0990. The van der Waals surface area contributed by atoms with Gasteiger partial charge in [0.1, 0.15) is 21.3 Å². The molecule has 4 heterocycles. The maximum atomic E-state index is 14.7. The first kappa shape index (κ1) is 32.7. The summed E-state index contributed by atoms with van der Waals surface area (Å²) >= 11 is 14.1. The van der Waals surface area contributed by atoms with Crippen molar-refractivity contribution in [1.82, 2.24) is 0 Å². The Hall–Kier alpha value is -4.51. The van der Waals surface area contributed by atoms with Gasteiger partial charge in [0, 0.05) is 72.9 Å². The van der Waals surface area contributed by atoms with Gasteiger partial charge in [0.05, 0.1) is 31.7 Å². The topological polar surface area (TPSA) is 94.6 Å². The molecule has 3 aliphatic heterocycles. The van der Waals surface area contributed by atoms with Crippen LogP contribution in [0.4, 0.5) is 11.4 Å². The molecule has 0 radical (unpaired) electrons. The summed E-state index contributed by atoms with van der Waals surface area (Å²) in [5.74, 6) is 0.668. The predicted molar refractivity (Wildman–Crippen MR) is 196 cm³/mol. The van der Waals surface area contributed by atoms with Gasteiger partial charge in [0.2, 0.25) is 0 Å². The van der Waals surface area contributed by atoms with E-state index in [9.17, 15) is 14.4 Å². The van der Waals surface area contributed by atoms with E-state index in [1.165, 1.54) is 6.92 Å². The van der Waals surface area contributed by atoms with Crippen molar-refractivity contribution in [3.8, 4) is 23.0 Å². The molecule has 0 saturated carbocycles. The highest BCUT2D eigenvalue weighted by molar-refractivity contribution is 7.17. The van der Waals surface area contributed by atoms with Gasteiger partial charge in [0.15, 0.2) is 11.5 Å². The first-order valence-corrected chi connectivity index (χ1v) is 18.2. The summed E-state index contributed by atoms with van der Waals surface area (Å²) in [6, 6.07) is 19.2. The van der Waals surface area contributed by atoms with Crippen LogP contribution in [0.5, 0.6) is 23.0 Å². The highest BCUT2D eigenvalue weighted by atomic mass is 35.5. The molecule has 3 aliphatic rings. The number of nitrogens with zero attached hydrogens (tertiary/aromatic N) is 2. The lowest BCUT2D eigenvalue weighted by molar-refractivity contribution is -0.131. The zero-order chi connectivity index (χ0) is 34.7. The highest BCUT2D eigenvalue weighted by Gasteiger charge is 2.42. The molecule has 0 aliphatic carbocycles. The number of esters is 1. The Kier molecular flexibility index (Phi) is 8.49. The Morgan fingerprint density at radius 1 is 0.760 bits per heavy atom. The number of alkyl halides is 2. The fraction of sp³-hybridized carbons (Fsp3) is 0.289. The van der Waals surface area contributed by atoms with Crippen molar-refractivity contribution >= 4 is 85.2 Å². The lowest BCUT2D eigenvalue weighted by atomic mass is 9.95. The van der Waals surface area contributed by atoms with Crippen molar-refractivity contribution in [2.75, 3.05) is 55.0 Å². The minimum Gasteiger partial charge on any atom is -0.496 e. The second kappa shape index (κ2) is 13.0. The Balaban J connectivity index is 1.24. The Bertz CT molecular complexity index is 2220. The molecule has 5 aromatic rings. The number of hydrogen-bond donors (Lipinski definition) is 0. The molecule has 4 aromatic carbocycles. The number of methoxy groups -OCH3 is 1. The summed E-state index contributed by atoms with van der Waals surface area (Å²) in [4.78, 5) is 45.3. The summed E-state index contributed by atoms with van der Waals surface area (Å²) in [6.45, 7) is 2.65. The summed E-state index contributed by atoms with van der Waals surface area (Å²) in [7, 11) is 1.61. The number of fused-ring (bicyclic) bond motifs is 7. The van der Waals surface area contributed by atoms with Gasteiger partial charge < -0.3 is 28.7 Å². The zero-order valence-corrected chi connectivity index (χ0v) is 29.6. The number of thiophene rings is 1. The number of amides is 2. The van der Waals surface area contributed by atoms with Crippen LogP contribution in [0.3, 0.4) is 0 Å². The van der Waals surface area contributed by atoms with Crippen LogP contribution in [-0.4, -0.2) is 63.0 Å². The number of anilines is 2. The smallest absolute Gasteiger partial charge is 0.308 e. The van der Waals surface area contributed by atoms with Gasteiger partial charge in [-0.05, 0) is 21.9 Å². The second-order valence-corrected chi connectivity index (χ2v) is 14.1. The minimum absolute atomic E-state index is 0.113. The van der Waals surface area contributed by atoms with Gasteiger partial charge in [-0.2, -0.15) is 0 Å². The zero-order valence-electron chi connectivity index (χ0n) is 27.3. The largest absolute Gasteiger partial charge is 0.496 e. The predicted octanol–water partition coefficient (Wildman–Crippen LogP) is 8.12. The third-order valence-electron chi connectivity index (χ3n) is 9.59. The van der Waals surface area contributed by atoms with Gasteiger partial charge in [-0.15, -0.1) is 34.5 Å². The number of benzene rings is 4. The highest BCUT2D eigenvalue weighted by Crippen LogP contribution is 2.51. The van der Waals surface area contributed by atoms with E-state index >= 15 is 0 Å². The van der Waals surface area contributed by atoms with E-state index in [0.29, 0.717) is 61.5 Å². The van der Waals surface area contributed by atoms with Crippen molar-refractivity contribution in [1.29, 1.82) is 0 Å². The van der Waals surface area contributed by atoms with E-state index in [0.717, 1.165) is 44.0 Å². The molecule has 0 bridgehead atoms. The summed E-state index contributed by atoms with van der Waals surface area (Å²) in [5.41, 5.74) is 3.19. The number of carbonyl (C=O) groups is 3. The molecule has 256 valence electrons. The molecule has 12 heteroatoms. The minimum atomic E-state index is -0.470. The lowest BCUT2D eigenvalue weighted by Gasteiger charge is -2.19. The van der Waals surface area contributed by atoms with Crippen molar-refractivity contribution in [3.05, 3.63) is 81.5 Å². The monoisotopic (exact) mass is 730 g/mol. The molecule has 2 amide bonds. The lowest BCUT2D eigenvalue weighted by Crippen LogP contribution is -2.30. The van der Waals surface area contributed by atoms with E-state index < -0.39 is 5.97 Å². The van der Waals surface area contributed by atoms with E-state index in [1.807, 2.05) is 54.6 Å². The number of hydrogen-bond acceptors (Lipinski definition) is 8. The Morgan fingerprint density at radius 3 is 1.68 bits per heavy atom. The summed E-state index contributed by atoms with van der Waals surface area (Å²) in [5, 5.41) is 3.53. The van der Waals surface area contributed by atoms with Crippen LogP contribution < -0.4 is 28.7 Å². The normalized spacial score (nSPS) is 17.8. The molecule has 0 N–H and O–H groups in total. The average molecular weight is 732 g/mol. The van der Waals surface area contributed by atoms with E-state index in [4.69, 9.17) is 42.1 Å². The average Bonchev–Trinajstić information content (AvgIpc) is 3.76. The van der Waals surface area contributed by atoms with Crippen LogP contribution in [0.15, 0.2) is 60.7 Å². The number of ether oxygens (including phenoxy) is 4. The maximum absolute atomic E-state index is 14.7. The summed E-state index contributed by atoms with van der Waals surface area (Å²) in [6.07, 6.45) is 0.587. The molecular formula is C38H32Cl2N2O7S. The van der Waals surface area contributed by atoms with Gasteiger partial charge in [-0.1, -0.05) is 48.5 Å². The maximum Gasteiger partial charge on any atom is 0.308 e. The van der Waals surface area contributed by atoms with Gasteiger partial charge in [0.25, 0.3) is 11.8 Å². The molecular weight excluding hydrogens is 699 g/mol. The SMILES string of the molecule is COc1cc2c(c3ccccc13)C(CCl)CN2C(=O)c1sc(C(=O)N2CC(CCl)c3c2cc(OC(C)=O)c2ccccc32)c2c1OCCCO2. The summed E-state index contributed by atoms with van der Waals surface area (Å²) < 4.78 is 23.7. The molecule has 1 aromatic heterocycles. The molecule has 2 atom stereocenters. The van der Waals surface area contributed by atoms with Gasteiger partial charge in [-0.3, -0.25) is 14.4 Å². The van der Waals surface area contributed by atoms with Gasteiger partial charge in [-0.25, -0.2) is 0 Å². The third kappa shape index (κ3) is 5.15. The number of rotatable bonds is 6. The van der Waals surface area contributed by atoms with Crippen molar-refractivity contribution < 1.29 is 33.3 Å². The molecule has 8 rings (SSSR count). The standard InChI is InChI=1S/C38H32Cl2N2O7S/c1-20(43)49-30-15-28-32(26-11-6-4-9-24(26)30)22(17-40)19-42(28)38(45)36-34-33(47-12-7-13-48-34)35(50-36)37(44)41-18-21(16-39)31-25-10-5-3-8-23(25)29(46-2)14-27(31)41/h3-6,8-11,14-15,21-22H,7,12-13,16-19H2,1-2H3. The van der Waals surface area contributed by atoms with Crippen LogP contribution in [0.1, 0.15) is 55.7 Å². The molecule has 0 saturated heterocycles. The first-order chi connectivity index (χ1) is 24.3. The van der Waals surface area contributed by atoms with E-state index in [1.54, 1.807) is 23.0 Å². The molecule has 2 unspecified atom stereocenters. The van der Waals surface area contributed by atoms with Crippen LogP contribution in [0.25, 0.3) is 21.5 Å². The molecule has 0 fully saturated rings. The third-order valence-corrected chi connectivity index (χ3v) is 11.5. The van der Waals surface area contributed by atoms with Crippen molar-refractivity contribution in [3.63, 3.8) is 0 Å². The van der Waals surface area contributed by atoms with E-state index in [2.05, 4.69) is 0 Å². The molecule has 0 spiro atoms. The second-order valence-electron chi connectivity index (χ2n) is 12.5. The fourth-order valence-electron chi connectivity index (χ4n) is 7.47. The van der Waals surface area contributed by atoms with Crippen LogP contribution in [0.2, 0.25) is 0 Å². The fourth-order valence-corrected chi connectivity index (χ4v) is 9.06.